The van der Waals surface area contributed by atoms with Crippen molar-refractivity contribution < 1.29 is 23.7 Å². The number of hydrogen-bond acceptors (Lipinski definition) is 5. The highest BCUT2D eigenvalue weighted by atomic mass is 35.5. The Hall–Kier alpha value is -3.24. The number of nitro benzene ring substituents is 1. The molecule has 30 heavy (non-hydrogen) atoms. The molecule has 0 spiro atoms. The second kappa shape index (κ2) is 7.88. The number of nitrogens with zero attached hydrogens (tertiary/aromatic N) is 2. The molecule has 0 saturated carbocycles. The number of benzene rings is 2. The molecule has 1 aliphatic heterocycles. The van der Waals surface area contributed by atoms with Gasteiger partial charge in [-0.25, -0.2) is 4.79 Å². The van der Waals surface area contributed by atoms with Crippen LogP contribution in [0, 0.1) is 15.9 Å². The van der Waals surface area contributed by atoms with Gasteiger partial charge in [0.05, 0.1) is 15.0 Å². The topological polar surface area (TPSA) is 122 Å². The van der Waals surface area contributed by atoms with Gasteiger partial charge in [0.25, 0.3) is 5.91 Å². The molecule has 4 amide bonds. The van der Waals surface area contributed by atoms with Gasteiger partial charge < -0.3 is 10.6 Å². The summed E-state index contributed by atoms with van der Waals surface area (Å²) in [7, 11) is 0. The van der Waals surface area contributed by atoms with Gasteiger partial charge in [0, 0.05) is 11.8 Å². The van der Waals surface area contributed by atoms with E-state index < -0.39 is 46.4 Å². The summed E-state index contributed by atoms with van der Waals surface area (Å²) < 4.78 is 13.4. The van der Waals surface area contributed by atoms with E-state index in [2.05, 4.69) is 10.6 Å². The molecule has 156 valence electrons. The molecule has 0 aromatic heterocycles. The monoisotopic (exact) mass is 454 g/mol. The van der Waals surface area contributed by atoms with Crippen LogP contribution in [0.1, 0.15) is 12.5 Å². The molecule has 1 heterocycles. The molecule has 2 aromatic rings. The molecule has 12 heteroatoms. The number of urea groups is 1. The van der Waals surface area contributed by atoms with Crippen LogP contribution in [0.2, 0.25) is 10.0 Å². The lowest BCUT2D eigenvalue weighted by Crippen LogP contribution is -2.42. The summed E-state index contributed by atoms with van der Waals surface area (Å²) in [6, 6.07) is 6.39. The van der Waals surface area contributed by atoms with Gasteiger partial charge in [-0.3, -0.25) is 24.6 Å². The quantitative estimate of drug-likeness (QED) is 0.407. The van der Waals surface area contributed by atoms with Crippen molar-refractivity contribution in [2.24, 2.45) is 0 Å². The van der Waals surface area contributed by atoms with E-state index in [1.807, 2.05) is 0 Å². The number of anilines is 1. The Morgan fingerprint density at radius 2 is 1.93 bits per heavy atom. The standard InChI is InChI=1S/C18H13Cl2FN4O5/c1-18(9-2-4-11(19)12(20)6-9)16(27)24(17(28)23-18)8-15(26)22-10-3-5-13(21)14(7-10)25(29)30/h2-7H,8H2,1H3,(H,22,26)(H,23,28). The average molecular weight is 455 g/mol. The van der Waals surface area contributed by atoms with Crippen molar-refractivity contribution in [1.82, 2.24) is 10.2 Å². The predicted molar refractivity (Wildman–Crippen MR) is 106 cm³/mol. The molecular weight excluding hydrogens is 442 g/mol. The maximum Gasteiger partial charge on any atom is 0.325 e. The molecule has 2 aromatic carbocycles. The van der Waals surface area contributed by atoms with E-state index in [4.69, 9.17) is 23.2 Å². The first-order chi connectivity index (χ1) is 14.0. The minimum atomic E-state index is -1.47. The van der Waals surface area contributed by atoms with Crippen LogP contribution < -0.4 is 10.6 Å². The molecule has 9 nitrogen and oxygen atoms in total. The Kier molecular flexibility index (Phi) is 5.64. The first-order valence-corrected chi connectivity index (χ1v) is 9.12. The second-order valence-electron chi connectivity index (χ2n) is 6.55. The number of amides is 4. The van der Waals surface area contributed by atoms with Crippen molar-refractivity contribution in [3.8, 4) is 0 Å². The van der Waals surface area contributed by atoms with E-state index in [-0.39, 0.29) is 15.7 Å². The molecule has 3 rings (SSSR count). The van der Waals surface area contributed by atoms with Gasteiger partial charge in [0.15, 0.2) is 0 Å². The smallest absolute Gasteiger partial charge is 0.324 e. The lowest BCUT2D eigenvalue weighted by molar-refractivity contribution is -0.387. The number of hydrogen-bond donors (Lipinski definition) is 2. The Morgan fingerprint density at radius 1 is 1.23 bits per heavy atom. The highest BCUT2D eigenvalue weighted by Crippen LogP contribution is 2.33. The molecule has 0 bridgehead atoms. The van der Waals surface area contributed by atoms with Crippen LogP contribution >= 0.6 is 23.2 Å². The summed E-state index contributed by atoms with van der Waals surface area (Å²) in [5, 5.41) is 16.1. The Labute approximate surface area is 178 Å². The number of rotatable bonds is 5. The molecular formula is C18H13Cl2FN4O5. The van der Waals surface area contributed by atoms with E-state index in [1.54, 1.807) is 0 Å². The highest BCUT2D eigenvalue weighted by molar-refractivity contribution is 6.42. The van der Waals surface area contributed by atoms with Crippen molar-refractivity contribution >= 4 is 52.4 Å². The van der Waals surface area contributed by atoms with Crippen molar-refractivity contribution in [3.05, 3.63) is 67.9 Å². The fourth-order valence-electron chi connectivity index (χ4n) is 2.92. The molecule has 1 fully saturated rings. The maximum atomic E-state index is 13.4. The largest absolute Gasteiger partial charge is 0.325 e. The van der Waals surface area contributed by atoms with Gasteiger partial charge in [-0.2, -0.15) is 4.39 Å². The molecule has 1 atom stereocenters. The van der Waals surface area contributed by atoms with Gasteiger partial charge in [-0.1, -0.05) is 29.3 Å². The lowest BCUT2D eigenvalue weighted by Gasteiger charge is -2.22. The first-order valence-electron chi connectivity index (χ1n) is 8.36. The number of nitrogens with one attached hydrogen (secondary N) is 2. The summed E-state index contributed by atoms with van der Waals surface area (Å²) in [5.74, 6) is -2.58. The fourth-order valence-corrected chi connectivity index (χ4v) is 3.22. The normalized spacial score (nSPS) is 18.3. The predicted octanol–water partition coefficient (Wildman–Crippen LogP) is 3.45. The zero-order chi connectivity index (χ0) is 22.2. The molecule has 1 saturated heterocycles. The van der Waals surface area contributed by atoms with Crippen LogP contribution in [0.25, 0.3) is 0 Å². The minimum absolute atomic E-state index is 0.0626. The summed E-state index contributed by atoms with van der Waals surface area (Å²) in [6.07, 6.45) is 0. The van der Waals surface area contributed by atoms with E-state index in [0.717, 1.165) is 18.2 Å². The van der Waals surface area contributed by atoms with E-state index >= 15 is 0 Å². The van der Waals surface area contributed by atoms with Crippen molar-refractivity contribution in [2.45, 2.75) is 12.5 Å². The summed E-state index contributed by atoms with van der Waals surface area (Å²) in [6.45, 7) is 0.792. The SMILES string of the molecule is CC1(c2ccc(Cl)c(Cl)c2)NC(=O)N(CC(=O)Nc2ccc(F)c([N+](=O)[O-])c2)C1=O. The number of carbonyl (C=O) groups excluding carboxylic acids is 3. The molecule has 2 N–H and O–H groups in total. The van der Waals surface area contributed by atoms with Gasteiger partial charge in [0.1, 0.15) is 12.1 Å². The van der Waals surface area contributed by atoms with Crippen LogP contribution in [-0.2, 0) is 15.1 Å². The summed E-state index contributed by atoms with van der Waals surface area (Å²) >= 11 is 11.9. The Bertz CT molecular complexity index is 1100. The van der Waals surface area contributed by atoms with E-state index in [0.29, 0.717) is 10.5 Å². The lowest BCUT2D eigenvalue weighted by atomic mass is 9.92. The number of nitro groups is 1. The number of imide groups is 1. The molecule has 1 unspecified atom stereocenters. The molecule has 0 aliphatic carbocycles. The van der Waals surface area contributed by atoms with Crippen molar-refractivity contribution in [1.29, 1.82) is 0 Å². The van der Waals surface area contributed by atoms with E-state index in [1.165, 1.54) is 25.1 Å². The third-order valence-electron chi connectivity index (χ3n) is 4.50. The maximum absolute atomic E-state index is 13.4. The first kappa shape index (κ1) is 21.5. The van der Waals surface area contributed by atoms with Gasteiger partial charge in [0.2, 0.25) is 11.7 Å². The van der Waals surface area contributed by atoms with E-state index in [9.17, 15) is 28.9 Å². The Morgan fingerprint density at radius 3 is 2.57 bits per heavy atom. The van der Waals surface area contributed by atoms with Crippen LogP contribution in [0.3, 0.4) is 0 Å². The van der Waals surface area contributed by atoms with Crippen LogP contribution in [0.5, 0.6) is 0 Å². The summed E-state index contributed by atoms with van der Waals surface area (Å²) in [4.78, 5) is 48.0. The minimum Gasteiger partial charge on any atom is -0.324 e. The molecule has 1 aliphatic rings. The van der Waals surface area contributed by atoms with Crippen molar-refractivity contribution in [3.63, 3.8) is 0 Å². The van der Waals surface area contributed by atoms with Gasteiger partial charge in [-0.05, 0) is 36.8 Å². The zero-order valence-corrected chi connectivity index (χ0v) is 16.8. The highest BCUT2D eigenvalue weighted by Gasteiger charge is 2.49. The van der Waals surface area contributed by atoms with Crippen molar-refractivity contribution in [2.75, 3.05) is 11.9 Å². The third kappa shape index (κ3) is 3.91. The third-order valence-corrected chi connectivity index (χ3v) is 5.24. The van der Waals surface area contributed by atoms with Crippen LogP contribution in [0.4, 0.5) is 20.6 Å². The zero-order valence-electron chi connectivity index (χ0n) is 15.2. The van der Waals surface area contributed by atoms with Gasteiger partial charge in [-0.15, -0.1) is 0 Å². The Balaban J connectivity index is 1.77. The van der Waals surface area contributed by atoms with Crippen LogP contribution in [0.15, 0.2) is 36.4 Å². The fraction of sp³-hybridized carbons (Fsp3) is 0.167. The summed E-state index contributed by atoms with van der Waals surface area (Å²) in [5.41, 5.74) is -1.99. The number of carbonyl (C=O) groups is 3. The molecule has 0 radical (unpaired) electrons. The van der Waals surface area contributed by atoms with Gasteiger partial charge >= 0.3 is 11.7 Å². The van der Waals surface area contributed by atoms with Crippen LogP contribution in [-0.4, -0.2) is 34.2 Å². The average Bonchev–Trinajstić information content (AvgIpc) is 2.89. The second-order valence-corrected chi connectivity index (χ2v) is 7.36. The number of halogens is 3.